The van der Waals surface area contributed by atoms with Gasteiger partial charge in [-0.1, -0.05) is 0 Å². The standard InChI is InChI=1S/C12H20N4O2S/c1-18-7-4-13-11(17)15-9-10-3-2-6-16(10)12-14-5-8-19-12/h5,8,10H,2-4,6-7,9H2,1H3,(H2,13,15,17)/t10-/m0/s1. The van der Waals surface area contributed by atoms with E-state index in [-0.39, 0.29) is 6.03 Å². The van der Waals surface area contributed by atoms with Crippen LogP contribution in [0.1, 0.15) is 12.8 Å². The molecule has 0 radical (unpaired) electrons. The molecule has 1 aliphatic rings. The number of rotatable bonds is 6. The summed E-state index contributed by atoms with van der Waals surface area (Å²) in [6.45, 7) is 2.73. The average molecular weight is 284 g/mol. The van der Waals surface area contributed by atoms with Gasteiger partial charge < -0.3 is 20.3 Å². The number of thiazole rings is 1. The number of nitrogens with one attached hydrogen (secondary N) is 2. The van der Waals surface area contributed by atoms with Gasteiger partial charge in [-0.25, -0.2) is 9.78 Å². The summed E-state index contributed by atoms with van der Waals surface area (Å²) in [5.74, 6) is 0. The zero-order chi connectivity index (χ0) is 13.5. The second kappa shape index (κ2) is 7.30. The van der Waals surface area contributed by atoms with Crippen LogP contribution in [0.2, 0.25) is 0 Å². The zero-order valence-electron chi connectivity index (χ0n) is 11.1. The first kappa shape index (κ1) is 14.1. The van der Waals surface area contributed by atoms with E-state index >= 15 is 0 Å². The molecule has 106 valence electrons. The summed E-state index contributed by atoms with van der Waals surface area (Å²) in [5, 5.41) is 8.68. The summed E-state index contributed by atoms with van der Waals surface area (Å²) in [5.41, 5.74) is 0. The summed E-state index contributed by atoms with van der Waals surface area (Å²) < 4.78 is 4.88. The van der Waals surface area contributed by atoms with E-state index in [4.69, 9.17) is 4.74 Å². The largest absolute Gasteiger partial charge is 0.383 e. The van der Waals surface area contributed by atoms with Gasteiger partial charge in [-0.15, -0.1) is 11.3 Å². The molecule has 19 heavy (non-hydrogen) atoms. The van der Waals surface area contributed by atoms with E-state index < -0.39 is 0 Å². The Labute approximate surface area is 117 Å². The van der Waals surface area contributed by atoms with Crippen LogP contribution in [0.4, 0.5) is 9.93 Å². The van der Waals surface area contributed by atoms with Gasteiger partial charge in [0.05, 0.1) is 6.61 Å². The molecule has 0 spiro atoms. The molecule has 2 heterocycles. The van der Waals surface area contributed by atoms with E-state index in [1.807, 2.05) is 11.6 Å². The molecule has 1 saturated heterocycles. The van der Waals surface area contributed by atoms with Crippen LogP contribution in [-0.2, 0) is 4.74 Å². The molecule has 6 nitrogen and oxygen atoms in total. The second-order valence-electron chi connectivity index (χ2n) is 4.43. The van der Waals surface area contributed by atoms with Crippen molar-refractivity contribution in [3.63, 3.8) is 0 Å². The highest BCUT2D eigenvalue weighted by atomic mass is 32.1. The summed E-state index contributed by atoms with van der Waals surface area (Å²) in [6.07, 6.45) is 4.06. The molecule has 2 N–H and O–H groups in total. The molecule has 1 aromatic heterocycles. The Bertz CT molecular complexity index is 385. The molecule has 1 aromatic rings. The molecule has 2 amide bonds. The van der Waals surface area contributed by atoms with Gasteiger partial charge in [0.25, 0.3) is 0 Å². The van der Waals surface area contributed by atoms with Gasteiger partial charge in [0.15, 0.2) is 5.13 Å². The first-order valence-electron chi connectivity index (χ1n) is 6.48. The van der Waals surface area contributed by atoms with Crippen molar-refractivity contribution in [2.45, 2.75) is 18.9 Å². The van der Waals surface area contributed by atoms with Gasteiger partial charge in [0, 0.05) is 44.4 Å². The number of carbonyl (C=O) groups is 1. The van der Waals surface area contributed by atoms with Crippen LogP contribution in [-0.4, -0.2) is 50.4 Å². The number of aromatic nitrogens is 1. The van der Waals surface area contributed by atoms with Gasteiger partial charge in [0.1, 0.15) is 0 Å². The van der Waals surface area contributed by atoms with Gasteiger partial charge in [0.2, 0.25) is 0 Å². The normalized spacial score (nSPS) is 18.6. The van der Waals surface area contributed by atoms with Crippen LogP contribution in [0, 0.1) is 0 Å². The number of hydrogen-bond acceptors (Lipinski definition) is 5. The molecule has 7 heteroatoms. The molecule has 1 aliphatic heterocycles. The summed E-state index contributed by atoms with van der Waals surface area (Å²) in [7, 11) is 1.62. The lowest BCUT2D eigenvalue weighted by Crippen LogP contribution is -2.44. The average Bonchev–Trinajstić information content (AvgIpc) is 3.07. The highest BCUT2D eigenvalue weighted by Gasteiger charge is 2.26. The molecule has 0 unspecified atom stereocenters. The third-order valence-corrected chi connectivity index (χ3v) is 3.94. The number of carbonyl (C=O) groups excluding carboxylic acids is 1. The van der Waals surface area contributed by atoms with Crippen molar-refractivity contribution in [3.8, 4) is 0 Å². The predicted molar refractivity (Wildman–Crippen MR) is 75.8 cm³/mol. The highest BCUT2D eigenvalue weighted by molar-refractivity contribution is 7.13. The maximum absolute atomic E-state index is 11.6. The molecule has 1 atom stereocenters. The molecule has 0 aliphatic carbocycles. The molecule has 0 bridgehead atoms. The predicted octanol–water partition coefficient (Wildman–Crippen LogP) is 1.06. The van der Waals surface area contributed by atoms with Crippen LogP contribution in [0.5, 0.6) is 0 Å². The van der Waals surface area contributed by atoms with E-state index in [2.05, 4.69) is 20.5 Å². The van der Waals surface area contributed by atoms with Crippen molar-refractivity contribution in [2.75, 3.05) is 38.3 Å². The van der Waals surface area contributed by atoms with Crippen molar-refractivity contribution >= 4 is 22.5 Å². The Kier molecular flexibility index (Phi) is 5.41. The second-order valence-corrected chi connectivity index (χ2v) is 5.31. The lowest BCUT2D eigenvalue weighted by molar-refractivity contribution is 0.195. The third-order valence-electron chi connectivity index (χ3n) is 3.13. The molecule has 1 fully saturated rings. The number of anilines is 1. The summed E-state index contributed by atoms with van der Waals surface area (Å²) >= 11 is 1.65. The van der Waals surface area contributed by atoms with Gasteiger partial charge in [-0.05, 0) is 12.8 Å². The quantitative estimate of drug-likeness (QED) is 0.767. The number of urea groups is 1. The third kappa shape index (κ3) is 4.07. The lowest BCUT2D eigenvalue weighted by atomic mass is 10.2. The maximum Gasteiger partial charge on any atom is 0.314 e. The molecule has 0 aromatic carbocycles. The van der Waals surface area contributed by atoms with Gasteiger partial charge in [-0.3, -0.25) is 0 Å². The fraction of sp³-hybridized carbons (Fsp3) is 0.667. The van der Waals surface area contributed by atoms with Crippen LogP contribution < -0.4 is 15.5 Å². The zero-order valence-corrected chi connectivity index (χ0v) is 11.9. The van der Waals surface area contributed by atoms with Crippen molar-refractivity contribution in [1.82, 2.24) is 15.6 Å². The fourth-order valence-electron chi connectivity index (χ4n) is 2.20. The SMILES string of the molecule is COCCNC(=O)NC[C@@H]1CCCN1c1nccs1. The molecular weight excluding hydrogens is 264 g/mol. The maximum atomic E-state index is 11.6. The van der Waals surface area contributed by atoms with E-state index in [1.165, 1.54) is 0 Å². The van der Waals surface area contributed by atoms with Crippen LogP contribution >= 0.6 is 11.3 Å². The number of amides is 2. The Hall–Kier alpha value is -1.34. The highest BCUT2D eigenvalue weighted by Crippen LogP contribution is 2.26. The lowest BCUT2D eigenvalue weighted by Gasteiger charge is -2.24. The summed E-state index contributed by atoms with van der Waals surface area (Å²) in [6, 6.07) is 0.211. The van der Waals surface area contributed by atoms with E-state index in [0.717, 1.165) is 24.5 Å². The van der Waals surface area contributed by atoms with Crippen molar-refractivity contribution in [2.24, 2.45) is 0 Å². The number of ether oxygens (including phenoxy) is 1. The first-order valence-corrected chi connectivity index (χ1v) is 7.36. The minimum atomic E-state index is -0.136. The number of nitrogens with zero attached hydrogens (tertiary/aromatic N) is 2. The van der Waals surface area contributed by atoms with Crippen molar-refractivity contribution in [3.05, 3.63) is 11.6 Å². The minimum absolute atomic E-state index is 0.136. The Morgan fingerprint density at radius 2 is 2.53 bits per heavy atom. The summed E-state index contributed by atoms with van der Waals surface area (Å²) in [4.78, 5) is 18.2. The monoisotopic (exact) mass is 284 g/mol. The fourth-order valence-corrected chi connectivity index (χ4v) is 2.94. The van der Waals surface area contributed by atoms with E-state index in [1.54, 1.807) is 18.4 Å². The molecular formula is C12H20N4O2S. The minimum Gasteiger partial charge on any atom is -0.383 e. The Morgan fingerprint density at radius 1 is 1.63 bits per heavy atom. The number of methoxy groups -OCH3 is 1. The van der Waals surface area contributed by atoms with Crippen molar-refractivity contribution in [1.29, 1.82) is 0 Å². The number of hydrogen-bond donors (Lipinski definition) is 2. The smallest absolute Gasteiger partial charge is 0.314 e. The molecule has 2 rings (SSSR count). The molecule has 0 saturated carbocycles. The van der Waals surface area contributed by atoms with E-state index in [9.17, 15) is 4.79 Å². The first-order chi connectivity index (χ1) is 9.31. The Morgan fingerprint density at radius 3 is 3.26 bits per heavy atom. The van der Waals surface area contributed by atoms with Crippen molar-refractivity contribution < 1.29 is 9.53 Å². The van der Waals surface area contributed by atoms with Gasteiger partial charge >= 0.3 is 6.03 Å². The van der Waals surface area contributed by atoms with Crippen LogP contribution in [0.3, 0.4) is 0 Å². The van der Waals surface area contributed by atoms with E-state index in [0.29, 0.717) is 25.7 Å². The van der Waals surface area contributed by atoms with Gasteiger partial charge in [-0.2, -0.15) is 0 Å². The van der Waals surface area contributed by atoms with Crippen LogP contribution in [0.25, 0.3) is 0 Å². The van der Waals surface area contributed by atoms with Crippen LogP contribution in [0.15, 0.2) is 11.6 Å². The topological polar surface area (TPSA) is 66.5 Å². The Balaban J connectivity index is 1.74.